The first-order valence-corrected chi connectivity index (χ1v) is 10.0. The van der Waals surface area contributed by atoms with Crippen LogP contribution in [0.1, 0.15) is 62.6 Å². The molecular weight excluding hydrogens is 365 g/mol. The molecule has 0 aliphatic carbocycles. The Bertz CT molecular complexity index is 819. The third-order valence-corrected chi connectivity index (χ3v) is 5.31. The van der Waals surface area contributed by atoms with Crippen molar-refractivity contribution in [2.24, 2.45) is 0 Å². The first kappa shape index (κ1) is 20.6. The van der Waals surface area contributed by atoms with Gasteiger partial charge in [-0.15, -0.1) is 0 Å². The van der Waals surface area contributed by atoms with Gasteiger partial charge in [-0.1, -0.05) is 69.0 Å². The minimum absolute atomic E-state index is 0.0508. The van der Waals surface area contributed by atoms with Crippen LogP contribution < -0.4 is 5.43 Å². The molecule has 2 aromatic carbocycles. The van der Waals surface area contributed by atoms with Crippen molar-refractivity contribution < 1.29 is 18.0 Å². The lowest BCUT2D eigenvalue weighted by atomic mass is 9.95. The van der Waals surface area contributed by atoms with Crippen molar-refractivity contribution in [3.8, 4) is 0 Å². The number of hydrazine groups is 1. The van der Waals surface area contributed by atoms with Crippen LogP contribution >= 0.6 is 0 Å². The van der Waals surface area contributed by atoms with Crippen LogP contribution in [0, 0.1) is 0 Å². The monoisotopic (exact) mass is 392 g/mol. The third-order valence-electron chi connectivity index (χ3n) is 5.31. The van der Waals surface area contributed by atoms with E-state index in [0.717, 1.165) is 28.8 Å². The maximum Gasteiger partial charge on any atom is 0.409 e. The Labute approximate surface area is 163 Å². The molecule has 1 N–H and O–H groups in total. The van der Waals surface area contributed by atoms with Crippen LogP contribution in [-0.2, 0) is 11.2 Å². The second-order valence-corrected chi connectivity index (χ2v) is 7.49. The molecule has 1 saturated heterocycles. The fraction of sp³-hybridized carbons (Fsp3) is 0.500. The van der Waals surface area contributed by atoms with Gasteiger partial charge < -0.3 is 0 Å². The number of amides is 1. The summed E-state index contributed by atoms with van der Waals surface area (Å²) < 4.78 is 41.6. The average molecular weight is 392 g/mol. The van der Waals surface area contributed by atoms with Gasteiger partial charge in [-0.3, -0.25) is 10.2 Å². The van der Waals surface area contributed by atoms with Crippen LogP contribution in [0.2, 0.25) is 0 Å². The molecule has 1 fully saturated rings. The molecule has 1 atom stereocenters. The quantitative estimate of drug-likeness (QED) is 0.585. The predicted octanol–water partition coefficient (Wildman–Crippen LogP) is 5.69. The molecule has 3 nitrogen and oxygen atoms in total. The number of unbranched alkanes of at least 4 members (excludes halogenated alkanes) is 4. The number of hydrogen-bond acceptors (Lipinski definition) is 2. The van der Waals surface area contributed by atoms with Crippen molar-refractivity contribution in [2.75, 3.05) is 6.54 Å². The first-order valence-electron chi connectivity index (χ1n) is 10.0. The molecule has 0 radical (unpaired) electrons. The Kier molecular flexibility index (Phi) is 6.60. The van der Waals surface area contributed by atoms with E-state index in [0.29, 0.717) is 5.39 Å². The lowest BCUT2D eigenvalue weighted by Gasteiger charge is -2.30. The zero-order valence-corrected chi connectivity index (χ0v) is 16.2. The van der Waals surface area contributed by atoms with Crippen LogP contribution in [0.4, 0.5) is 13.2 Å². The van der Waals surface area contributed by atoms with Crippen molar-refractivity contribution in [3.05, 3.63) is 47.5 Å². The smallest absolute Gasteiger partial charge is 0.288 e. The second-order valence-electron chi connectivity index (χ2n) is 7.49. The third kappa shape index (κ3) is 4.85. The number of hydrogen-bond donors (Lipinski definition) is 1. The van der Waals surface area contributed by atoms with Gasteiger partial charge in [-0.05, 0) is 34.7 Å². The average Bonchev–Trinajstić information content (AvgIpc) is 3.06. The fourth-order valence-electron chi connectivity index (χ4n) is 3.89. The number of alkyl halides is 3. The summed E-state index contributed by atoms with van der Waals surface area (Å²) >= 11 is 0. The highest BCUT2D eigenvalue weighted by Gasteiger charge is 2.47. The molecule has 0 bridgehead atoms. The van der Waals surface area contributed by atoms with Crippen molar-refractivity contribution >= 4 is 16.7 Å². The molecule has 0 spiro atoms. The van der Waals surface area contributed by atoms with Crippen molar-refractivity contribution in [1.82, 2.24) is 10.4 Å². The summed E-state index contributed by atoms with van der Waals surface area (Å²) in [7, 11) is 0. The molecule has 1 heterocycles. The van der Waals surface area contributed by atoms with Crippen molar-refractivity contribution in [1.29, 1.82) is 0 Å². The Morgan fingerprint density at radius 3 is 2.57 bits per heavy atom. The van der Waals surface area contributed by atoms with Gasteiger partial charge in [0.05, 0.1) is 0 Å². The van der Waals surface area contributed by atoms with E-state index in [9.17, 15) is 18.0 Å². The Morgan fingerprint density at radius 2 is 1.89 bits per heavy atom. The van der Waals surface area contributed by atoms with Crippen LogP contribution in [0.3, 0.4) is 0 Å². The number of benzene rings is 2. The summed E-state index contributed by atoms with van der Waals surface area (Å²) in [6.07, 6.45) is 2.48. The molecule has 0 saturated carbocycles. The standard InChI is InChI=1S/C22H27F3N2O/c1-2-3-4-5-6-8-16-11-12-18-17(15-16)9-7-10-19(18)21(22(23,24)25)27-14-13-20(28)26-27/h7,9-12,15,21H,2-6,8,13-14H2,1H3,(H,26,28)/t21-/m0/s1. The number of halogens is 3. The number of nitrogens with one attached hydrogen (secondary N) is 1. The normalized spacial score (nSPS) is 16.5. The number of carbonyl (C=O) groups excluding carboxylic acids is 1. The lowest BCUT2D eigenvalue weighted by molar-refractivity contribution is -0.190. The SMILES string of the molecule is CCCCCCCc1ccc2c([C@H](N3CCC(=O)N3)C(F)(F)F)cccc2c1. The second kappa shape index (κ2) is 8.95. The highest BCUT2D eigenvalue weighted by molar-refractivity contribution is 5.87. The van der Waals surface area contributed by atoms with Gasteiger partial charge in [0.25, 0.3) is 0 Å². The summed E-state index contributed by atoms with van der Waals surface area (Å²) in [5, 5.41) is 2.41. The predicted molar refractivity (Wildman–Crippen MR) is 105 cm³/mol. The highest BCUT2D eigenvalue weighted by Crippen LogP contribution is 2.40. The van der Waals surface area contributed by atoms with Crippen LogP contribution in [-0.4, -0.2) is 23.6 Å². The Morgan fingerprint density at radius 1 is 1.11 bits per heavy atom. The minimum atomic E-state index is -4.48. The Hall–Kier alpha value is -2.08. The van der Waals surface area contributed by atoms with Gasteiger partial charge in [-0.2, -0.15) is 13.2 Å². The van der Waals surface area contributed by atoms with E-state index in [1.54, 1.807) is 12.1 Å². The highest BCUT2D eigenvalue weighted by atomic mass is 19.4. The van der Waals surface area contributed by atoms with Gasteiger partial charge in [0.2, 0.25) is 5.91 Å². The van der Waals surface area contributed by atoms with Gasteiger partial charge >= 0.3 is 6.18 Å². The number of nitrogens with zero attached hydrogens (tertiary/aromatic N) is 1. The maximum absolute atomic E-state index is 13.9. The number of fused-ring (bicyclic) bond motifs is 1. The summed E-state index contributed by atoms with van der Waals surface area (Å²) in [6.45, 7) is 2.23. The van der Waals surface area contributed by atoms with E-state index < -0.39 is 12.2 Å². The molecule has 6 heteroatoms. The molecule has 0 aromatic heterocycles. The van der Waals surface area contributed by atoms with Gasteiger partial charge in [0.15, 0.2) is 6.04 Å². The zero-order valence-electron chi connectivity index (χ0n) is 16.2. The van der Waals surface area contributed by atoms with Crippen LogP contribution in [0.15, 0.2) is 36.4 Å². The van der Waals surface area contributed by atoms with E-state index >= 15 is 0 Å². The first-order chi connectivity index (χ1) is 13.4. The molecule has 2 aromatic rings. The van der Waals surface area contributed by atoms with Gasteiger partial charge in [-0.25, -0.2) is 5.01 Å². The van der Waals surface area contributed by atoms with Crippen molar-refractivity contribution in [3.63, 3.8) is 0 Å². The van der Waals surface area contributed by atoms with Crippen LogP contribution in [0.25, 0.3) is 10.8 Å². The Balaban J connectivity index is 1.85. The zero-order chi connectivity index (χ0) is 20.1. The van der Waals surface area contributed by atoms with E-state index in [1.165, 1.54) is 31.7 Å². The fourth-order valence-corrected chi connectivity index (χ4v) is 3.89. The molecule has 1 aliphatic heterocycles. The summed E-state index contributed by atoms with van der Waals surface area (Å²) in [4.78, 5) is 11.5. The van der Waals surface area contributed by atoms with Crippen LogP contribution in [0.5, 0.6) is 0 Å². The van der Waals surface area contributed by atoms with E-state index in [-0.39, 0.29) is 24.4 Å². The van der Waals surface area contributed by atoms with E-state index in [1.807, 2.05) is 18.2 Å². The maximum atomic E-state index is 13.9. The number of carbonyl (C=O) groups is 1. The molecule has 1 amide bonds. The molecular formula is C22H27F3N2O. The number of aryl methyl sites for hydroxylation is 1. The van der Waals surface area contributed by atoms with E-state index in [2.05, 4.69) is 12.3 Å². The van der Waals surface area contributed by atoms with Crippen molar-refractivity contribution in [2.45, 2.75) is 64.1 Å². The molecule has 1 aliphatic rings. The summed E-state index contributed by atoms with van der Waals surface area (Å²) in [6, 6.07) is 8.91. The molecule has 152 valence electrons. The largest absolute Gasteiger partial charge is 0.409 e. The summed E-state index contributed by atoms with van der Waals surface area (Å²) in [5.41, 5.74) is 3.69. The number of rotatable bonds is 8. The topological polar surface area (TPSA) is 32.3 Å². The molecule has 3 rings (SSSR count). The van der Waals surface area contributed by atoms with E-state index in [4.69, 9.17) is 0 Å². The molecule has 0 unspecified atom stereocenters. The summed E-state index contributed by atoms with van der Waals surface area (Å²) in [5.74, 6) is -0.375. The van der Waals surface area contributed by atoms with Gasteiger partial charge in [0.1, 0.15) is 0 Å². The lowest BCUT2D eigenvalue weighted by Crippen LogP contribution is -2.43. The minimum Gasteiger partial charge on any atom is -0.288 e. The molecule has 28 heavy (non-hydrogen) atoms. The van der Waals surface area contributed by atoms with Gasteiger partial charge in [0, 0.05) is 13.0 Å².